The summed E-state index contributed by atoms with van der Waals surface area (Å²) in [5.74, 6) is 0.351. The molecule has 0 unspecified atom stereocenters. The maximum Gasteiger partial charge on any atom is 0.228 e. The zero-order chi connectivity index (χ0) is 21.5. The number of nitrogens with zero attached hydrogens (tertiary/aromatic N) is 3. The SMILES string of the molecule is N#Cc1cc(C#N)cc(Oc2ccc(CC(=O)Nc3ccccc3C#N)cc2Cl)c1. The molecule has 7 heteroatoms. The van der Waals surface area contributed by atoms with Crippen LogP contribution in [0.3, 0.4) is 0 Å². The van der Waals surface area contributed by atoms with E-state index in [1.165, 1.54) is 18.2 Å². The highest BCUT2D eigenvalue weighted by Crippen LogP contribution is 2.31. The van der Waals surface area contributed by atoms with E-state index in [1.807, 2.05) is 18.2 Å². The number of hydrogen-bond donors (Lipinski definition) is 1. The average molecular weight is 413 g/mol. The number of carbonyl (C=O) groups is 1. The molecule has 0 aliphatic heterocycles. The number of carbonyl (C=O) groups excluding carboxylic acids is 1. The molecule has 0 aliphatic rings. The first kappa shape index (κ1) is 20.4. The van der Waals surface area contributed by atoms with Gasteiger partial charge < -0.3 is 10.1 Å². The van der Waals surface area contributed by atoms with Crippen LogP contribution in [0.2, 0.25) is 5.02 Å². The van der Waals surface area contributed by atoms with Crippen molar-refractivity contribution in [2.75, 3.05) is 5.32 Å². The van der Waals surface area contributed by atoms with Gasteiger partial charge in [0.25, 0.3) is 0 Å². The van der Waals surface area contributed by atoms with Crippen molar-refractivity contribution in [1.82, 2.24) is 0 Å². The van der Waals surface area contributed by atoms with Gasteiger partial charge in [-0.25, -0.2) is 0 Å². The highest BCUT2D eigenvalue weighted by Gasteiger charge is 2.11. The molecule has 30 heavy (non-hydrogen) atoms. The number of benzene rings is 3. The number of halogens is 1. The molecule has 1 N–H and O–H groups in total. The maximum absolute atomic E-state index is 12.3. The van der Waals surface area contributed by atoms with Crippen molar-refractivity contribution >= 4 is 23.2 Å². The summed E-state index contributed by atoms with van der Waals surface area (Å²) in [6.07, 6.45) is 0.0578. The number of ether oxygens (including phenoxy) is 1. The van der Waals surface area contributed by atoms with Crippen LogP contribution in [-0.2, 0) is 11.2 Å². The van der Waals surface area contributed by atoms with Crippen molar-refractivity contribution < 1.29 is 9.53 Å². The smallest absolute Gasteiger partial charge is 0.228 e. The van der Waals surface area contributed by atoms with Gasteiger partial charge in [0.2, 0.25) is 5.91 Å². The highest BCUT2D eigenvalue weighted by molar-refractivity contribution is 6.32. The number of anilines is 1. The number of nitrogens with one attached hydrogen (secondary N) is 1. The second kappa shape index (κ2) is 9.26. The summed E-state index contributed by atoms with van der Waals surface area (Å²) < 4.78 is 5.71. The van der Waals surface area contributed by atoms with Gasteiger partial charge in [-0.2, -0.15) is 15.8 Å². The van der Waals surface area contributed by atoms with Crippen LogP contribution >= 0.6 is 11.6 Å². The Balaban J connectivity index is 1.73. The topological polar surface area (TPSA) is 110 Å². The van der Waals surface area contributed by atoms with Crippen LogP contribution in [-0.4, -0.2) is 5.91 Å². The average Bonchev–Trinajstić information content (AvgIpc) is 2.75. The zero-order valence-corrected chi connectivity index (χ0v) is 16.3. The third-order valence-corrected chi connectivity index (χ3v) is 4.37. The Bertz CT molecular complexity index is 1220. The Kier molecular flexibility index (Phi) is 6.30. The minimum atomic E-state index is -0.289. The molecule has 3 rings (SSSR count). The molecule has 1 amide bonds. The van der Waals surface area contributed by atoms with Gasteiger partial charge in [-0.1, -0.05) is 29.8 Å². The first-order chi connectivity index (χ1) is 14.5. The lowest BCUT2D eigenvalue weighted by Crippen LogP contribution is -2.15. The normalized spacial score (nSPS) is 9.67. The molecule has 3 aromatic rings. The van der Waals surface area contributed by atoms with Crippen molar-refractivity contribution in [2.24, 2.45) is 0 Å². The van der Waals surface area contributed by atoms with E-state index in [4.69, 9.17) is 32.1 Å². The third-order valence-electron chi connectivity index (χ3n) is 4.08. The summed E-state index contributed by atoms with van der Waals surface area (Å²) in [6, 6.07) is 22.1. The van der Waals surface area contributed by atoms with Crippen molar-refractivity contribution in [3.63, 3.8) is 0 Å². The van der Waals surface area contributed by atoms with E-state index in [-0.39, 0.29) is 17.4 Å². The molecule has 3 aromatic carbocycles. The van der Waals surface area contributed by atoms with Gasteiger partial charge in [0, 0.05) is 0 Å². The zero-order valence-electron chi connectivity index (χ0n) is 15.5. The molecule has 6 nitrogen and oxygen atoms in total. The van der Waals surface area contributed by atoms with Crippen LogP contribution < -0.4 is 10.1 Å². The largest absolute Gasteiger partial charge is 0.456 e. The molecule has 0 heterocycles. The third kappa shape index (κ3) is 4.94. The fourth-order valence-electron chi connectivity index (χ4n) is 2.72. The minimum absolute atomic E-state index is 0.0578. The minimum Gasteiger partial charge on any atom is -0.456 e. The van der Waals surface area contributed by atoms with Crippen molar-refractivity contribution in [2.45, 2.75) is 6.42 Å². The molecule has 0 fully saturated rings. The van der Waals surface area contributed by atoms with E-state index in [9.17, 15) is 4.79 Å². The lowest BCUT2D eigenvalue weighted by Gasteiger charge is -2.11. The Morgan fingerprint density at radius 3 is 2.27 bits per heavy atom. The molecule has 0 atom stereocenters. The van der Waals surface area contributed by atoms with Gasteiger partial charge in [-0.15, -0.1) is 0 Å². The number of amides is 1. The first-order valence-electron chi connectivity index (χ1n) is 8.73. The molecular formula is C23H13ClN4O2. The molecular weight excluding hydrogens is 400 g/mol. The van der Waals surface area contributed by atoms with Crippen LogP contribution in [0.5, 0.6) is 11.5 Å². The Labute approximate surface area is 178 Å². The van der Waals surface area contributed by atoms with Crippen molar-refractivity contribution in [3.05, 3.63) is 87.9 Å². The van der Waals surface area contributed by atoms with Gasteiger partial charge >= 0.3 is 0 Å². The lowest BCUT2D eigenvalue weighted by atomic mass is 10.1. The van der Waals surface area contributed by atoms with Crippen LogP contribution in [0.25, 0.3) is 0 Å². The fraction of sp³-hybridized carbons (Fsp3) is 0.0435. The van der Waals surface area contributed by atoms with Crippen LogP contribution in [0, 0.1) is 34.0 Å². The van der Waals surface area contributed by atoms with Gasteiger partial charge in [0.05, 0.1) is 46.0 Å². The molecule has 0 saturated heterocycles. The summed E-state index contributed by atoms with van der Waals surface area (Å²) in [5.41, 5.74) is 2.07. The predicted octanol–water partition coefficient (Wildman–Crippen LogP) is 4.93. The lowest BCUT2D eigenvalue weighted by molar-refractivity contribution is -0.115. The van der Waals surface area contributed by atoms with Gasteiger partial charge in [0.1, 0.15) is 17.6 Å². The molecule has 0 aromatic heterocycles. The summed E-state index contributed by atoms with van der Waals surface area (Å²) in [7, 11) is 0. The number of nitriles is 3. The fourth-order valence-corrected chi connectivity index (χ4v) is 2.96. The maximum atomic E-state index is 12.3. The second-order valence-corrected chi connectivity index (χ2v) is 6.63. The molecule has 0 radical (unpaired) electrons. The summed E-state index contributed by atoms with van der Waals surface area (Å²) in [6.45, 7) is 0. The van der Waals surface area contributed by atoms with E-state index < -0.39 is 0 Å². The summed E-state index contributed by atoms with van der Waals surface area (Å²) in [4.78, 5) is 12.3. The van der Waals surface area contributed by atoms with E-state index in [0.717, 1.165) is 0 Å². The second-order valence-electron chi connectivity index (χ2n) is 6.22. The molecule has 0 aliphatic carbocycles. The van der Waals surface area contributed by atoms with E-state index in [2.05, 4.69) is 5.32 Å². The Morgan fingerprint density at radius 1 is 0.933 bits per heavy atom. The van der Waals surface area contributed by atoms with Gasteiger partial charge in [0.15, 0.2) is 0 Å². The van der Waals surface area contributed by atoms with E-state index in [1.54, 1.807) is 42.5 Å². The Hall–Kier alpha value is -4.31. The number of hydrogen-bond acceptors (Lipinski definition) is 5. The van der Waals surface area contributed by atoms with Crippen LogP contribution in [0.1, 0.15) is 22.3 Å². The predicted molar refractivity (Wildman–Crippen MR) is 111 cm³/mol. The highest BCUT2D eigenvalue weighted by atomic mass is 35.5. The Morgan fingerprint density at radius 2 is 1.63 bits per heavy atom. The number of para-hydroxylation sites is 1. The standard InChI is InChI=1S/C23H13ClN4O2/c24-20-10-15(11-23(29)28-21-4-2-1-3-18(21)14-27)5-6-22(20)30-19-8-16(12-25)7-17(9-19)13-26/h1-10H,11H2,(H,28,29). The van der Waals surface area contributed by atoms with Gasteiger partial charge in [-0.05, 0) is 48.0 Å². The molecule has 0 bridgehead atoms. The monoisotopic (exact) mass is 412 g/mol. The van der Waals surface area contributed by atoms with E-state index >= 15 is 0 Å². The van der Waals surface area contributed by atoms with Crippen molar-refractivity contribution in [3.8, 4) is 29.7 Å². The number of rotatable bonds is 5. The van der Waals surface area contributed by atoms with Crippen LogP contribution in [0.15, 0.2) is 60.7 Å². The van der Waals surface area contributed by atoms with Crippen molar-refractivity contribution in [1.29, 1.82) is 15.8 Å². The molecule has 0 spiro atoms. The summed E-state index contributed by atoms with van der Waals surface area (Å²) >= 11 is 6.29. The van der Waals surface area contributed by atoms with Crippen LogP contribution in [0.4, 0.5) is 5.69 Å². The molecule has 144 valence electrons. The molecule has 0 saturated carbocycles. The van der Waals surface area contributed by atoms with E-state index in [0.29, 0.717) is 39.4 Å². The summed E-state index contributed by atoms with van der Waals surface area (Å²) in [5, 5.41) is 30.2. The quantitative estimate of drug-likeness (QED) is 0.638. The first-order valence-corrected chi connectivity index (χ1v) is 9.10. The van der Waals surface area contributed by atoms with Gasteiger partial charge in [-0.3, -0.25) is 4.79 Å².